The number of hydrogen-bond acceptors (Lipinski definition) is 5. The first-order chi connectivity index (χ1) is 21.7. The Morgan fingerprint density at radius 2 is 1.71 bits per heavy atom. The van der Waals surface area contributed by atoms with Crippen LogP contribution in [0.25, 0.3) is 11.3 Å². The molecule has 0 amide bonds. The molecular weight excluding hydrogens is 625 g/mol. The lowest BCUT2D eigenvalue weighted by Gasteiger charge is -2.27. The number of piperidine rings is 1. The SMILES string of the molecule is CS(=O)(=O)N1CCc2c(c(-c3ccc(Cl)c(C#Cc4ccc(Cl)c(CNC5CCCC5)c4)c3)nn2CCCN2CCCCC2)C1. The van der Waals surface area contributed by atoms with E-state index < -0.39 is 10.0 Å². The average Bonchev–Trinajstić information content (AvgIpc) is 3.69. The van der Waals surface area contributed by atoms with Crippen molar-refractivity contribution in [3.8, 4) is 23.1 Å². The Morgan fingerprint density at radius 1 is 0.933 bits per heavy atom. The van der Waals surface area contributed by atoms with Gasteiger partial charge in [0.1, 0.15) is 0 Å². The van der Waals surface area contributed by atoms with Crippen molar-refractivity contribution in [3.63, 3.8) is 0 Å². The molecular formula is C35H43Cl2N5O2S. The quantitative estimate of drug-likeness (QED) is 0.265. The van der Waals surface area contributed by atoms with Crippen molar-refractivity contribution < 1.29 is 8.42 Å². The molecule has 2 aliphatic heterocycles. The number of halogens is 2. The van der Waals surface area contributed by atoms with Crippen LogP contribution in [0, 0.1) is 11.8 Å². The highest BCUT2D eigenvalue weighted by Gasteiger charge is 2.30. The van der Waals surface area contributed by atoms with Crippen LogP contribution in [-0.4, -0.2) is 65.9 Å². The molecule has 240 valence electrons. The van der Waals surface area contributed by atoms with Crippen molar-refractivity contribution in [1.29, 1.82) is 0 Å². The number of hydrogen-bond donors (Lipinski definition) is 1. The maximum atomic E-state index is 12.5. The Morgan fingerprint density at radius 3 is 2.49 bits per heavy atom. The van der Waals surface area contributed by atoms with Crippen LogP contribution in [0.15, 0.2) is 36.4 Å². The van der Waals surface area contributed by atoms with Crippen LogP contribution in [0.4, 0.5) is 0 Å². The Kier molecular flexibility index (Phi) is 10.6. The fraction of sp³-hybridized carbons (Fsp3) is 0.514. The van der Waals surface area contributed by atoms with E-state index in [2.05, 4.69) is 32.8 Å². The molecule has 10 heteroatoms. The zero-order valence-corrected chi connectivity index (χ0v) is 28.5. The normalized spacial score (nSPS) is 18.1. The second kappa shape index (κ2) is 14.6. The number of nitrogens with one attached hydrogen (secondary N) is 1. The second-order valence-corrected chi connectivity index (χ2v) is 15.5. The van der Waals surface area contributed by atoms with E-state index >= 15 is 0 Å². The minimum absolute atomic E-state index is 0.321. The number of nitrogens with zero attached hydrogens (tertiary/aromatic N) is 4. The molecule has 0 unspecified atom stereocenters. The summed E-state index contributed by atoms with van der Waals surface area (Å²) in [5.41, 5.74) is 6.43. The van der Waals surface area contributed by atoms with Crippen LogP contribution >= 0.6 is 23.2 Å². The summed E-state index contributed by atoms with van der Waals surface area (Å²) in [5.74, 6) is 6.57. The lowest BCUT2D eigenvalue weighted by molar-refractivity contribution is 0.221. The summed E-state index contributed by atoms with van der Waals surface area (Å²) in [7, 11) is -3.33. The lowest BCUT2D eigenvalue weighted by atomic mass is 10.0. The third kappa shape index (κ3) is 8.13. The van der Waals surface area contributed by atoms with Gasteiger partial charge >= 0.3 is 0 Å². The first-order valence-electron chi connectivity index (χ1n) is 16.3. The van der Waals surface area contributed by atoms with Gasteiger partial charge in [-0.15, -0.1) is 0 Å². The monoisotopic (exact) mass is 667 g/mol. The van der Waals surface area contributed by atoms with Crippen molar-refractivity contribution in [2.45, 2.75) is 83.5 Å². The Balaban J connectivity index is 1.25. The molecule has 1 aliphatic carbocycles. The van der Waals surface area contributed by atoms with Gasteiger partial charge in [-0.1, -0.05) is 60.4 Å². The molecule has 3 heterocycles. The van der Waals surface area contributed by atoms with E-state index in [-0.39, 0.29) is 0 Å². The van der Waals surface area contributed by atoms with Crippen molar-refractivity contribution >= 4 is 33.2 Å². The van der Waals surface area contributed by atoms with E-state index in [1.165, 1.54) is 64.3 Å². The van der Waals surface area contributed by atoms with Crippen LogP contribution in [-0.2, 0) is 36.1 Å². The number of aromatic nitrogens is 2. The smallest absolute Gasteiger partial charge is 0.211 e. The number of rotatable bonds is 9. The number of sulfonamides is 1. The van der Waals surface area contributed by atoms with E-state index in [9.17, 15) is 8.42 Å². The van der Waals surface area contributed by atoms with Gasteiger partial charge in [-0.2, -0.15) is 9.40 Å². The number of likely N-dealkylation sites (tertiary alicyclic amines) is 1. The maximum absolute atomic E-state index is 12.5. The summed E-state index contributed by atoms with van der Waals surface area (Å²) >= 11 is 13.2. The van der Waals surface area contributed by atoms with E-state index in [1.807, 2.05) is 30.3 Å². The molecule has 1 aromatic heterocycles. The highest BCUT2D eigenvalue weighted by Crippen LogP contribution is 2.33. The van der Waals surface area contributed by atoms with Crippen LogP contribution < -0.4 is 5.32 Å². The molecule has 0 radical (unpaired) electrons. The van der Waals surface area contributed by atoms with E-state index in [1.54, 1.807) is 4.31 Å². The summed E-state index contributed by atoms with van der Waals surface area (Å²) in [6, 6.07) is 12.3. The number of benzene rings is 2. The van der Waals surface area contributed by atoms with Gasteiger partial charge < -0.3 is 10.2 Å². The minimum Gasteiger partial charge on any atom is -0.310 e. The van der Waals surface area contributed by atoms with Crippen LogP contribution in [0.5, 0.6) is 0 Å². The largest absolute Gasteiger partial charge is 0.310 e. The van der Waals surface area contributed by atoms with Gasteiger partial charge in [0.2, 0.25) is 10.0 Å². The van der Waals surface area contributed by atoms with Gasteiger partial charge in [0.15, 0.2) is 0 Å². The van der Waals surface area contributed by atoms with Gasteiger partial charge in [-0.05, 0) is 87.6 Å². The molecule has 0 spiro atoms. The van der Waals surface area contributed by atoms with Gasteiger partial charge in [0.05, 0.1) is 17.0 Å². The number of fused-ring (bicyclic) bond motifs is 1. The highest BCUT2D eigenvalue weighted by atomic mass is 35.5. The van der Waals surface area contributed by atoms with E-state index in [4.69, 9.17) is 28.3 Å². The topological polar surface area (TPSA) is 70.5 Å². The second-order valence-electron chi connectivity index (χ2n) is 12.7. The molecule has 2 aromatic carbocycles. The van der Waals surface area contributed by atoms with Gasteiger partial charge in [0.25, 0.3) is 0 Å². The lowest BCUT2D eigenvalue weighted by Crippen LogP contribution is -2.35. The molecule has 3 aromatic rings. The van der Waals surface area contributed by atoms with Crippen molar-refractivity contribution in [3.05, 3.63) is 74.4 Å². The minimum atomic E-state index is -3.33. The van der Waals surface area contributed by atoms with E-state index in [0.717, 1.165) is 64.7 Å². The molecule has 0 bridgehead atoms. The Hall–Kier alpha value is -2.38. The zero-order chi connectivity index (χ0) is 31.4. The molecule has 1 saturated heterocycles. The number of aryl methyl sites for hydroxylation is 1. The summed E-state index contributed by atoms with van der Waals surface area (Å²) in [5, 5.41) is 10.0. The summed E-state index contributed by atoms with van der Waals surface area (Å²) in [6.45, 7) is 5.74. The Bertz CT molecular complexity index is 1680. The molecule has 0 atom stereocenters. The fourth-order valence-corrected chi connectivity index (χ4v) is 8.01. The third-order valence-electron chi connectivity index (χ3n) is 9.42. The molecule has 2 fully saturated rings. The summed E-state index contributed by atoms with van der Waals surface area (Å²) in [6.07, 6.45) is 11.8. The first-order valence-corrected chi connectivity index (χ1v) is 18.9. The van der Waals surface area contributed by atoms with E-state index in [0.29, 0.717) is 36.1 Å². The summed E-state index contributed by atoms with van der Waals surface area (Å²) < 4.78 is 28.7. The fourth-order valence-electron chi connectivity index (χ4n) is 6.87. The third-order valence-corrected chi connectivity index (χ3v) is 11.4. The maximum Gasteiger partial charge on any atom is 0.211 e. The predicted molar refractivity (Wildman–Crippen MR) is 183 cm³/mol. The molecule has 1 N–H and O–H groups in total. The molecule has 6 rings (SSSR count). The van der Waals surface area contributed by atoms with Crippen molar-refractivity contribution in [2.75, 3.05) is 32.4 Å². The predicted octanol–water partition coefficient (Wildman–Crippen LogP) is 6.48. The van der Waals surface area contributed by atoms with Crippen LogP contribution in [0.2, 0.25) is 10.0 Å². The van der Waals surface area contributed by atoms with Crippen LogP contribution in [0.1, 0.15) is 79.3 Å². The standard InChI is InChI=1S/C35H43Cl2N5O2S/c1-45(43,44)41-21-16-34-31(25-41)35(39-42(34)20-7-19-40-17-5-2-6-18-40)28-13-15-32(36)27(23-28)12-10-26-11-14-33(37)29(22-26)24-38-30-8-3-4-9-30/h11,13-15,22-23,30,38H,2-9,16-21,24-25H2,1H3. The summed E-state index contributed by atoms with van der Waals surface area (Å²) in [4.78, 5) is 2.55. The zero-order valence-electron chi connectivity index (χ0n) is 26.1. The van der Waals surface area contributed by atoms with Gasteiger partial charge in [-0.3, -0.25) is 4.68 Å². The Labute approximate surface area is 278 Å². The van der Waals surface area contributed by atoms with Gasteiger partial charge in [-0.25, -0.2) is 8.42 Å². The average molecular weight is 669 g/mol. The molecule has 7 nitrogen and oxygen atoms in total. The molecule has 45 heavy (non-hydrogen) atoms. The van der Waals surface area contributed by atoms with Gasteiger partial charge in [0, 0.05) is 71.6 Å². The molecule has 3 aliphatic rings. The highest BCUT2D eigenvalue weighted by molar-refractivity contribution is 7.88. The first kappa shape index (κ1) is 32.6. The molecule has 1 saturated carbocycles. The van der Waals surface area contributed by atoms with Crippen molar-refractivity contribution in [1.82, 2.24) is 24.3 Å². The van der Waals surface area contributed by atoms with Crippen molar-refractivity contribution in [2.24, 2.45) is 0 Å². The van der Waals surface area contributed by atoms with Crippen LogP contribution in [0.3, 0.4) is 0 Å².